The zero-order valence-electron chi connectivity index (χ0n) is 40.7. The minimum absolute atomic E-state index is 0.00414. The quantitative estimate of drug-likeness (QED) is 0.0253. The Kier molecular flexibility index (Phi) is 28.2. The second-order valence-corrected chi connectivity index (χ2v) is 18.3. The number of nitrogens with one attached hydrogen (secondary N) is 3. The van der Waals surface area contributed by atoms with Gasteiger partial charge in [0.1, 0.15) is 78.8 Å². The van der Waals surface area contributed by atoms with Crippen LogP contribution in [0.15, 0.2) is 0 Å². The highest BCUT2D eigenvalue weighted by molar-refractivity contribution is 5.79. The monoisotopic (exact) mass is 1020 g/mol. The molecule has 3 saturated heterocycles. The minimum atomic E-state index is -1.75. The first-order valence-corrected chi connectivity index (χ1v) is 24.0. The number of carboxylic acids is 1. The number of hydrogen-bond acceptors (Lipinski definition) is 22. The molecule has 3 heterocycles. The number of ether oxygens (including phenoxy) is 10. The summed E-state index contributed by atoms with van der Waals surface area (Å²) in [5, 5.41) is 88.4. The summed E-state index contributed by atoms with van der Waals surface area (Å²) in [4.78, 5) is 46.8. The number of amides is 3. The third-order valence-corrected chi connectivity index (χ3v) is 11.4. The van der Waals surface area contributed by atoms with Gasteiger partial charge in [-0.2, -0.15) is 0 Å². The van der Waals surface area contributed by atoms with E-state index in [1.165, 1.54) is 7.11 Å². The molecule has 13 N–H and O–H groups in total. The molecule has 26 heteroatoms. The normalized spacial score (nSPS) is 31.5. The molecule has 3 amide bonds. The Balaban J connectivity index is 1.66. The van der Waals surface area contributed by atoms with Crippen LogP contribution in [0.3, 0.4) is 0 Å². The lowest BCUT2D eigenvalue weighted by Crippen LogP contribution is -2.63. The molecule has 0 bridgehead atoms. The summed E-state index contributed by atoms with van der Waals surface area (Å²) in [5.74, 6) is -1.52. The molecule has 3 rings (SSSR count). The van der Waals surface area contributed by atoms with Gasteiger partial charge in [0.15, 0.2) is 18.9 Å². The predicted octanol–water partition coefficient (Wildman–Crippen LogP) is -2.45. The number of methoxy groups -OCH3 is 1. The molecular weight excluding hydrogens is 936 g/mol. The molecule has 3 aliphatic heterocycles. The summed E-state index contributed by atoms with van der Waals surface area (Å²) >= 11 is 0. The number of hydrazine groups is 1. The van der Waals surface area contributed by atoms with Gasteiger partial charge in [-0.3, -0.25) is 19.8 Å². The fraction of sp³-hybridized carbons (Fsp3) is 0.909. The second-order valence-electron chi connectivity index (χ2n) is 18.3. The maximum absolute atomic E-state index is 12.3. The Bertz CT molecular complexity index is 1510. The van der Waals surface area contributed by atoms with Crippen molar-refractivity contribution < 1.29 is 107 Å². The molecule has 0 saturated carbocycles. The van der Waals surface area contributed by atoms with Crippen LogP contribution in [0, 0.1) is 0 Å². The van der Waals surface area contributed by atoms with Crippen LogP contribution in [-0.4, -0.2) is 222 Å². The third kappa shape index (κ3) is 21.2. The second kappa shape index (κ2) is 32.2. The van der Waals surface area contributed by atoms with Crippen molar-refractivity contribution in [2.45, 2.75) is 196 Å². The third-order valence-electron chi connectivity index (χ3n) is 11.4. The molecule has 26 nitrogen and oxygen atoms in total. The Labute approximate surface area is 408 Å². The highest BCUT2D eigenvalue weighted by Crippen LogP contribution is 2.31. The van der Waals surface area contributed by atoms with Crippen LogP contribution in [0.2, 0.25) is 0 Å². The maximum atomic E-state index is 12.3. The number of carbonyl (C=O) groups excluding carboxylic acids is 3. The zero-order valence-corrected chi connectivity index (χ0v) is 40.7. The van der Waals surface area contributed by atoms with E-state index in [1.54, 1.807) is 20.8 Å². The lowest BCUT2D eigenvalue weighted by molar-refractivity contribution is -0.346. The number of aliphatic carboxylic acids is 1. The topological polar surface area (TPSA) is 385 Å². The number of unbranched alkanes of at least 4 members (excludes halogenated alkanes) is 6. The van der Waals surface area contributed by atoms with Crippen molar-refractivity contribution in [1.29, 1.82) is 0 Å². The number of hydrogen-bond donors (Lipinski definition) is 12. The Morgan fingerprint density at radius 3 is 1.43 bits per heavy atom. The summed E-state index contributed by atoms with van der Waals surface area (Å²) in [6.45, 7) is 4.36. The van der Waals surface area contributed by atoms with E-state index >= 15 is 0 Å². The average Bonchev–Trinajstić information content (AvgIpc) is 3.31. The fourth-order valence-corrected chi connectivity index (χ4v) is 7.73. The Morgan fingerprint density at radius 2 is 0.986 bits per heavy atom. The van der Waals surface area contributed by atoms with E-state index in [2.05, 4.69) is 16.2 Å². The SMILES string of the molecule is CO[C@H]1O[C@H](CO[C@H]2O[C@H](CO[C@H]3O[C@H](CO)[C@@H](OCCCCCC(=O)NCCN)[C@H](O)[C@H]3O)[C@@H](OCCCCCC(=O)NNC(=O)OC(C)(C)C)[C@H](O)[C@H]2O)[C@@H](OCCCCCC(=O)O)[C@H](O)[C@H]1O. The molecular formula is C44H80N4O22. The smallest absolute Gasteiger partial charge is 0.426 e. The van der Waals surface area contributed by atoms with E-state index in [4.69, 9.17) is 58.2 Å². The van der Waals surface area contributed by atoms with Gasteiger partial charge < -0.3 is 99.3 Å². The Hall–Kier alpha value is -3.00. The standard InChI is InChI=1S/C44H80N4O22/c1-44(2,3)70-43(60)48-47-29(51)15-9-6-12-20-64-39-27(24-65-41-35(58)32(55)37(25(22-49)67-41)62-19-11-5-8-14-28(50)46-18-17-45)69-42(36(59)33(39)56)66-23-26-38(31(54)34(57)40(61-4)68-26)63-21-13-7-10-16-30(52)53/h25-27,31-42,49,54-59H,5-24,45H2,1-4H3,(H,46,50)(H,47,51)(H,48,60)(H,52,53)/t25-,26-,27-,31-,32-,33-,34-,35-,36-,37-,38-,39-,40+,41+,42+/m1/s1. The first kappa shape index (κ1) is 61.3. The van der Waals surface area contributed by atoms with Crippen LogP contribution < -0.4 is 21.9 Å². The molecule has 3 fully saturated rings. The van der Waals surface area contributed by atoms with Crippen LogP contribution in [0.25, 0.3) is 0 Å². The summed E-state index contributed by atoms with van der Waals surface area (Å²) in [6, 6.07) is 0. The van der Waals surface area contributed by atoms with Crippen molar-refractivity contribution in [3.63, 3.8) is 0 Å². The van der Waals surface area contributed by atoms with Crippen LogP contribution in [-0.2, 0) is 61.8 Å². The van der Waals surface area contributed by atoms with E-state index < -0.39 is 136 Å². The van der Waals surface area contributed by atoms with Gasteiger partial charge in [-0.1, -0.05) is 19.3 Å². The van der Waals surface area contributed by atoms with Crippen molar-refractivity contribution in [2.75, 3.05) is 59.8 Å². The number of aliphatic hydroxyl groups excluding tert-OH is 7. The largest absolute Gasteiger partial charge is 0.481 e. The minimum Gasteiger partial charge on any atom is -0.481 e. The number of carbonyl (C=O) groups is 4. The molecule has 0 unspecified atom stereocenters. The number of aliphatic hydroxyl groups is 7. The molecule has 3 aliphatic rings. The van der Waals surface area contributed by atoms with Gasteiger partial charge in [0.25, 0.3) is 0 Å². The molecule has 0 aromatic carbocycles. The highest BCUT2D eigenvalue weighted by Gasteiger charge is 2.51. The van der Waals surface area contributed by atoms with E-state index in [1.807, 2.05) is 0 Å². The molecule has 0 spiro atoms. The van der Waals surface area contributed by atoms with Gasteiger partial charge in [-0.05, 0) is 59.3 Å². The van der Waals surface area contributed by atoms with Gasteiger partial charge in [0.2, 0.25) is 11.8 Å². The molecule has 70 heavy (non-hydrogen) atoms. The molecule has 0 aromatic rings. The number of nitrogens with two attached hydrogens (primary N) is 1. The molecule has 15 atom stereocenters. The summed E-state index contributed by atoms with van der Waals surface area (Å²) in [7, 11) is 1.25. The van der Waals surface area contributed by atoms with Gasteiger partial charge in [0.05, 0.1) is 19.8 Å². The molecule has 0 aliphatic carbocycles. The maximum Gasteiger partial charge on any atom is 0.426 e. The number of rotatable bonds is 31. The van der Waals surface area contributed by atoms with Crippen LogP contribution in [0.5, 0.6) is 0 Å². The van der Waals surface area contributed by atoms with Crippen molar-refractivity contribution >= 4 is 23.9 Å². The summed E-state index contributed by atoms with van der Waals surface area (Å²) < 4.78 is 57.6. The average molecular weight is 1020 g/mol. The molecule has 0 aromatic heterocycles. The first-order valence-electron chi connectivity index (χ1n) is 24.0. The van der Waals surface area contributed by atoms with Gasteiger partial charge >= 0.3 is 12.1 Å². The summed E-state index contributed by atoms with van der Waals surface area (Å²) in [6.07, 6.45) is -17.6. The fourth-order valence-electron chi connectivity index (χ4n) is 7.73. The predicted molar refractivity (Wildman–Crippen MR) is 240 cm³/mol. The lowest BCUT2D eigenvalue weighted by atomic mass is 9.97. The van der Waals surface area contributed by atoms with Gasteiger partial charge in [-0.15, -0.1) is 0 Å². The van der Waals surface area contributed by atoms with E-state index in [-0.39, 0.29) is 38.6 Å². The van der Waals surface area contributed by atoms with Crippen molar-refractivity contribution in [3.8, 4) is 0 Å². The van der Waals surface area contributed by atoms with Crippen molar-refractivity contribution in [3.05, 3.63) is 0 Å². The van der Waals surface area contributed by atoms with Crippen LogP contribution >= 0.6 is 0 Å². The lowest BCUT2D eigenvalue weighted by Gasteiger charge is -2.45. The van der Waals surface area contributed by atoms with Crippen LogP contribution in [0.1, 0.15) is 97.8 Å². The van der Waals surface area contributed by atoms with E-state index in [0.717, 1.165) is 0 Å². The van der Waals surface area contributed by atoms with Crippen molar-refractivity contribution in [1.82, 2.24) is 16.2 Å². The van der Waals surface area contributed by atoms with E-state index in [9.17, 15) is 54.9 Å². The zero-order chi connectivity index (χ0) is 51.8. The Morgan fingerprint density at radius 1 is 0.557 bits per heavy atom. The molecule has 408 valence electrons. The highest BCUT2D eigenvalue weighted by atomic mass is 16.8. The van der Waals surface area contributed by atoms with E-state index in [0.29, 0.717) is 77.3 Å². The molecule has 0 radical (unpaired) electrons. The van der Waals surface area contributed by atoms with Gasteiger partial charge in [0, 0.05) is 59.3 Å². The number of carboxylic acid groups (broad SMARTS) is 1. The summed E-state index contributed by atoms with van der Waals surface area (Å²) in [5.41, 5.74) is 9.10. The van der Waals surface area contributed by atoms with Crippen LogP contribution in [0.4, 0.5) is 4.79 Å². The van der Waals surface area contributed by atoms with Crippen molar-refractivity contribution in [2.24, 2.45) is 5.73 Å². The van der Waals surface area contributed by atoms with Gasteiger partial charge in [-0.25, -0.2) is 10.2 Å². The first-order chi connectivity index (χ1) is 33.3.